The van der Waals surface area contributed by atoms with Gasteiger partial charge in [-0.25, -0.2) is 4.79 Å². The molecule has 0 amide bonds. The normalized spacial score (nSPS) is 39.1. The Labute approximate surface area is 116 Å². The van der Waals surface area contributed by atoms with E-state index >= 15 is 0 Å². The fraction of sp³-hybridized carbons (Fsp3) is 0.933. The summed E-state index contributed by atoms with van der Waals surface area (Å²) in [5, 5.41) is 0. The Morgan fingerprint density at radius 2 is 2.05 bits per heavy atom. The van der Waals surface area contributed by atoms with Crippen LogP contribution < -0.4 is 5.73 Å². The Morgan fingerprint density at radius 3 is 2.47 bits per heavy atom. The minimum atomic E-state index is -1.06. The number of esters is 1. The molecule has 2 rings (SSSR count). The van der Waals surface area contributed by atoms with Crippen molar-refractivity contribution in [1.29, 1.82) is 0 Å². The molecule has 0 radical (unpaired) electrons. The molecule has 0 aromatic heterocycles. The summed E-state index contributed by atoms with van der Waals surface area (Å²) < 4.78 is 10.8. The molecule has 2 saturated carbocycles. The summed E-state index contributed by atoms with van der Waals surface area (Å²) in [5.41, 5.74) is 5.41. The van der Waals surface area contributed by atoms with Gasteiger partial charge in [-0.3, -0.25) is 0 Å². The van der Waals surface area contributed by atoms with Crippen LogP contribution in [0.2, 0.25) is 0 Å². The van der Waals surface area contributed by atoms with Gasteiger partial charge in [0.05, 0.1) is 19.8 Å². The molecule has 0 saturated heterocycles. The molecule has 4 atom stereocenters. The van der Waals surface area contributed by atoms with Gasteiger partial charge in [0.2, 0.25) is 0 Å². The van der Waals surface area contributed by atoms with Crippen LogP contribution in [0.15, 0.2) is 0 Å². The topological polar surface area (TPSA) is 61.5 Å². The zero-order valence-corrected chi connectivity index (χ0v) is 12.8. The van der Waals surface area contributed by atoms with Gasteiger partial charge in [0.15, 0.2) is 0 Å². The molecule has 2 aliphatic rings. The second kappa shape index (κ2) is 4.45. The first kappa shape index (κ1) is 14.8. The molecular weight excluding hydrogens is 242 g/mol. The lowest BCUT2D eigenvalue weighted by atomic mass is 9.70. The molecule has 19 heavy (non-hydrogen) atoms. The van der Waals surface area contributed by atoms with Gasteiger partial charge in [-0.2, -0.15) is 0 Å². The van der Waals surface area contributed by atoms with Gasteiger partial charge in [0.1, 0.15) is 5.54 Å². The van der Waals surface area contributed by atoms with Gasteiger partial charge in [-0.05, 0) is 42.9 Å². The maximum Gasteiger partial charge on any atom is 0.327 e. The van der Waals surface area contributed by atoms with E-state index in [9.17, 15) is 4.79 Å². The number of nitrogens with two attached hydrogens (primary N) is 1. The van der Waals surface area contributed by atoms with Gasteiger partial charge in [0.25, 0.3) is 0 Å². The summed E-state index contributed by atoms with van der Waals surface area (Å²) in [7, 11) is 1.36. The third-order valence-electron chi connectivity index (χ3n) is 5.95. The zero-order valence-electron chi connectivity index (χ0n) is 12.8. The third-order valence-corrected chi connectivity index (χ3v) is 5.95. The molecule has 0 aliphatic heterocycles. The maximum atomic E-state index is 11.6. The van der Waals surface area contributed by atoms with E-state index in [1.54, 1.807) is 6.92 Å². The van der Waals surface area contributed by atoms with Crippen molar-refractivity contribution in [2.45, 2.75) is 58.6 Å². The summed E-state index contributed by atoms with van der Waals surface area (Å²) in [6, 6.07) is 0. The van der Waals surface area contributed by atoms with E-state index in [2.05, 4.69) is 20.8 Å². The monoisotopic (exact) mass is 269 g/mol. The highest BCUT2D eigenvalue weighted by Gasteiger charge is 2.62. The highest BCUT2D eigenvalue weighted by molar-refractivity contribution is 5.80. The molecule has 0 aromatic carbocycles. The molecule has 2 bridgehead atoms. The van der Waals surface area contributed by atoms with Crippen molar-refractivity contribution in [2.24, 2.45) is 22.5 Å². The van der Waals surface area contributed by atoms with Crippen molar-refractivity contribution in [3.05, 3.63) is 0 Å². The van der Waals surface area contributed by atoms with Crippen molar-refractivity contribution in [3.8, 4) is 0 Å². The van der Waals surface area contributed by atoms with Crippen molar-refractivity contribution < 1.29 is 14.3 Å². The predicted octanol–water partition coefficient (Wildman–Crippen LogP) is 2.11. The Hall–Kier alpha value is -0.610. The van der Waals surface area contributed by atoms with Gasteiger partial charge >= 0.3 is 5.97 Å². The first-order valence-corrected chi connectivity index (χ1v) is 7.14. The summed E-state index contributed by atoms with van der Waals surface area (Å²) in [5.74, 6) is 0.310. The highest BCUT2D eigenvalue weighted by atomic mass is 16.5. The second-order valence-electron chi connectivity index (χ2n) is 7.32. The van der Waals surface area contributed by atoms with E-state index in [1.807, 2.05) is 0 Å². The van der Waals surface area contributed by atoms with E-state index in [4.69, 9.17) is 15.2 Å². The van der Waals surface area contributed by atoms with Crippen molar-refractivity contribution in [1.82, 2.24) is 0 Å². The highest BCUT2D eigenvalue weighted by Crippen LogP contribution is 2.66. The zero-order chi connectivity index (χ0) is 14.5. The molecule has 0 heterocycles. The van der Waals surface area contributed by atoms with Crippen LogP contribution >= 0.6 is 0 Å². The number of ether oxygens (including phenoxy) is 2. The molecule has 2 aliphatic carbocycles. The molecule has 0 spiro atoms. The van der Waals surface area contributed by atoms with E-state index in [0.29, 0.717) is 5.41 Å². The smallest absolute Gasteiger partial charge is 0.327 e. The molecule has 4 nitrogen and oxygen atoms in total. The fourth-order valence-electron chi connectivity index (χ4n) is 3.95. The van der Waals surface area contributed by atoms with Gasteiger partial charge < -0.3 is 15.2 Å². The average Bonchev–Trinajstić information content (AvgIpc) is 2.67. The van der Waals surface area contributed by atoms with E-state index < -0.39 is 11.5 Å². The van der Waals surface area contributed by atoms with Crippen molar-refractivity contribution in [3.63, 3.8) is 0 Å². The van der Waals surface area contributed by atoms with E-state index in [0.717, 1.165) is 12.3 Å². The number of carbonyl (C=O) groups is 1. The number of carbonyl (C=O) groups excluding carboxylic acids is 1. The summed E-state index contributed by atoms with van der Waals surface area (Å²) in [6.07, 6.45) is 3.78. The van der Waals surface area contributed by atoms with Crippen molar-refractivity contribution >= 4 is 5.97 Å². The number of fused-ring (bicyclic) bond motifs is 2. The van der Waals surface area contributed by atoms with Gasteiger partial charge in [-0.15, -0.1) is 0 Å². The van der Waals surface area contributed by atoms with E-state index in [-0.39, 0.29) is 18.1 Å². The number of hydrogen-bond acceptors (Lipinski definition) is 4. The number of hydrogen-bond donors (Lipinski definition) is 1. The lowest BCUT2D eigenvalue weighted by Gasteiger charge is -2.39. The standard InChI is InChI=1S/C15H27NO3/c1-13(2)10-6-7-14(13,3)11(8-10)19-9-15(4,16)12(17)18-5/h10-11H,6-9,16H2,1-5H3. The molecular formula is C15H27NO3. The molecule has 4 unspecified atom stereocenters. The number of methoxy groups -OCH3 is 1. The minimum absolute atomic E-state index is 0.198. The first-order chi connectivity index (χ1) is 8.65. The minimum Gasteiger partial charge on any atom is -0.468 e. The average molecular weight is 269 g/mol. The van der Waals surface area contributed by atoms with Crippen LogP contribution in [0.5, 0.6) is 0 Å². The molecule has 2 N–H and O–H groups in total. The Morgan fingerprint density at radius 1 is 1.42 bits per heavy atom. The van der Waals surface area contributed by atoms with Gasteiger partial charge in [0, 0.05) is 0 Å². The Bertz CT molecular complexity index is 378. The van der Waals surface area contributed by atoms with Crippen LogP contribution in [-0.2, 0) is 14.3 Å². The Kier molecular flexibility index (Phi) is 3.47. The summed E-state index contributed by atoms with van der Waals surface area (Å²) in [6.45, 7) is 8.89. The lowest BCUT2D eigenvalue weighted by molar-refractivity contribution is -0.151. The van der Waals surface area contributed by atoms with Crippen LogP contribution in [0.25, 0.3) is 0 Å². The molecule has 110 valence electrons. The third kappa shape index (κ3) is 2.09. The summed E-state index contributed by atoms with van der Waals surface area (Å²) in [4.78, 5) is 11.6. The van der Waals surface area contributed by atoms with Crippen LogP contribution in [0.4, 0.5) is 0 Å². The Balaban J connectivity index is 2.01. The first-order valence-electron chi connectivity index (χ1n) is 7.14. The van der Waals surface area contributed by atoms with Gasteiger partial charge in [-0.1, -0.05) is 20.8 Å². The largest absolute Gasteiger partial charge is 0.468 e. The molecule has 2 fully saturated rings. The predicted molar refractivity (Wildman–Crippen MR) is 73.6 cm³/mol. The SMILES string of the molecule is COC(=O)C(C)(N)COC1CC2CCC1(C)C2(C)C. The quantitative estimate of drug-likeness (QED) is 0.794. The van der Waals surface area contributed by atoms with Crippen LogP contribution in [-0.4, -0.2) is 31.3 Å². The van der Waals surface area contributed by atoms with Crippen LogP contribution in [0, 0.1) is 16.7 Å². The molecule has 4 heteroatoms. The molecule has 0 aromatic rings. The lowest BCUT2D eigenvalue weighted by Crippen LogP contribution is -2.51. The van der Waals surface area contributed by atoms with Crippen LogP contribution in [0.1, 0.15) is 47.0 Å². The van der Waals surface area contributed by atoms with Crippen LogP contribution in [0.3, 0.4) is 0 Å². The second-order valence-corrected chi connectivity index (χ2v) is 7.32. The fourth-order valence-corrected chi connectivity index (χ4v) is 3.95. The maximum absolute atomic E-state index is 11.6. The number of rotatable bonds is 4. The van der Waals surface area contributed by atoms with E-state index in [1.165, 1.54) is 20.0 Å². The summed E-state index contributed by atoms with van der Waals surface area (Å²) >= 11 is 0. The van der Waals surface area contributed by atoms with Crippen molar-refractivity contribution in [2.75, 3.05) is 13.7 Å².